The smallest absolute Gasteiger partial charge is 0.244 e. The summed E-state index contributed by atoms with van der Waals surface area (Å²) in [4.78, 5) is 25.5. The second kappa shape index (κ2) is 7.88. The van der Waals surface area contributed by atoms with Gasteiger partial charge < -0.3 is 10.2 Å². The Bertz CT molecular complexity index is 793. The van der Waals surface area contributed by atoms with E-state index in [0.717, 1.165) is 5.56 Å². The fourth-order valence-corrected chi connectivity index (χ4v) is 2.58. The molecule has 24 heavy (non-hydrogen) atoms. The van der Waals surface area contributed by atoms with Crippen molar-refractivity contribution < 1.29 is 9.59 Å². The Labute approximate surface area is 155 Å². The maximum Gasteiger partial charge on any atom is 0.244 e. The number of rotatable bonds is 4. The molecular weight excluding hydrogens is 371 g/mol. The summed E-state index contributed by atoms with van der Waals surface area (Å²) in [6.07, 6.45) is 0. The highest BCUT2D eigenvalue weighted by Gasteiger charge is 2.17. The molecule has 126 valence electrons. The number of carbonyl (C=O) groups excluding carboxylic acids is 2. The molecule has 2 amide bonds. The number of hydrogen-bond donors (Lipinski definition) is 1. The molecule has 0 aliphatic carbocycles. The lowest BCUT2D eigenvalue weighted by molar-refractivity contribution is -0.120. The Morgan fingerprint density at radius 3 is 2.38 bits per heavy atom. The van der Waals surface area contributed by atoms with E-state index in [1.54, 1.807) is 43.3 Å². The molecule has 0 spiro atoms. The zero-order valence-corrected chi connectivity index (χ0v) is 15.3. The van der Waals surface area contributed by atoms with Gasteiger partial charge in [0.1, 0.15) is 6.54 Å². The first-order chi connectivity index (χ1) is 11.3. The molecule has 4 nitrogen and oxygen atoms in total. The highest BCUT2D eigenvalue weighted by atomic mass is 35.5. The van der Waals surface area contributed by atoms with E-state index >= 15 is 0 Å². The second-order valence-corrected chi connectivity index (χ2v) is 6.39. The molecule has 0 heterocycles. The summed E-state index contributed by atoms with van der Waals surface area (Å²) in [6.45, 7) is 3.03. The van der Waals surface area contributed by atoms with Crippen molar-refractivity contribution in [3.05, 3.63) is 57.0 Å². The van der Waals surface area contributed by atoms with Crippen molar-refractivity contribution >= 4 is 58.0 Å². The lowest BCUT2D eigenvalue weighted by Gasteiger charge is -2.21. The predicted molar refractivity (Wildman–Crippen MR) is 99.3 cm³/mol. The van der Waals surface area contributed by atoms with Crippen LogP contribution in [0, 0.1) is 6.92 Å². The third-order valence-corrected chi connectivity index (χ3v) is 4.59. The summed E-state index contributed by atoms with van der Waals surface area (Å²) in [7, 11) is 0. The average Bonchev–Trinajstić information content (AvgIpc) is 2.52. The van der Waals surface area contributed by atoms with Crippen molar-refractivity contribution in [3.63, 3.8) is 0 Å². The fourth-order valence-electron chi connectivity index (χ4n) is 2.11. The zero-order valence-electron chi connectivity index (χ0n) is 13.1. The van der Waals surface area contributed by atoms with Crippen molar-refractivity contribution in [3.8, 4) is 0 Å². The third-order valence-electron chi connectivity index (χ3n) is 3.44. The predicted octanol–water partition coefficient (Wildman–Crippen LogP) is 4.95. The average molecular weight is 386 g/mol. The molecule has 2 rings (SSSR count). The first-order valence-electron chi connectivity index (χ1n) is 7.07. The Kier molecular flexibility index (Phi) is 6.10. The van der Waals surface area contributed by atoms with Gasteiger partial charge in [-0.15, -0.1) is 0 Å². The number of halogens is 3. The minimum atomic E-state index is -0.346. The molecule has 0 aliphatic heterocycles. The minimum absolute atomic E-state index is 0.154. The van der Waals surface area contributed by atoms with Gasteiger partial charge in [-0.3, -0.25) is 9.59 Å². The van der Waals surface area contributed by atoms with Crippen LogP contribution in [0.1, 0.15) is 12.5 Å². The second-order valence-electron chi connectivity index (χ2n) is 5.16. The van der Waals surface area contributed by atoms with Crippen LogP contribution in [0.15, 0.2) is 36.4 Å². The lowest BCUT2D eigenvalue weighted by Crippen LogP contribution is -2.36. The molecule has 7 heteroatoms. The summed E-state index contributed by atoms with van der Waals surface area (Å²) >= 11 is 17.9. The van der Waals surface area contributed by atoms with Crippen LogP contribution in [0.2, 0.25) is 15.1 Å². The molecule has 0 saturated heterocycles. The first-order valence-corrected chi connectivity index (χ1v) is 8.21. The molecule has 0 radical (unpaired) electrons. The van der Waals surface area contributed by atoms with Gasteiger partial charge in [-0.05, 0) is 42.8 Å². The summed E-state index contributed by atoms with van der Waals surface area (Å²) in [5.74, 6) is -0.631. The van der Waals surface area contributed by atoms with Gasteiger partial charge >= 0.3 is 0 Å². The quantitative estimate of drug-likeness (QED) is 0.810. The molecular formula is C17H15Cl3N2O2. The van der Waals surface area contributed by atoms with Crippen LogP contribution in [0.5, 0.6) is 0 Å². The van der Waals surface area contributed by atoms with E-state index in [4.69, 9.17) is 34.8 Å². The first kappa shape index (κ1) is 18.6. The van der Waals surface area contributed by atoms with Gasteiger partial charge in [-0.25, -0.2) is 0 Å². The summed E-state index contributed by atoms with van der Waals surface area (Å²) < 4.78 is 0. The maximum absolute atomic E-state index is 12.3. The summed E-state index contributed by atoms with van der Waals surface area (Å²) in [5.41, 5.74) is 1.86. The molecule has 0 atom stereocenters. The van der Waals surface area contributed by atoms with Crippen molar-refractivity contribution in [2.45, 2.75) is 13.8 Å². The van der Waals surface area contributed by atoms with E-state index < -0.39 is 0 Å². The van der Waals surface area contributed by atoms with Gasteiger partial charge in [0.25, 0.3) is 0 Å². The Morgan fingerprint density at radius 1 is 1.04 bits per heavy atom. The standard InChI is InChI=1S/C17H15Cl3N2O2/c1-10-13(18)4-3-5-16(10)21-17(24)9-22(11(2)23)12-6-7-14(19)15(20)8-12/h3-8H,9H2,1-2H3,(H,21,24). The van der Waals surface area contributed by atoms with Crippen molar-refractivity contribution in [1.82, 2.24) is 0 Å². The van der Waals surface area contributed by atoms with Crippen LogP contribution in [-0.2, 0) is 9.59 Å². The number of carbonyl (C=O) groups is 2. The molecule has 0 aliphatic rings. The van der Waals surface area contributed by atoms with E-state index in [9.17, 15) is 9.59 Å². The van der Waals surface area contributed by atoms with Crippen LogP contribution in [0.3, 0.4) is 0 Å². The van der Waals surface area contributed by atoms with Crippen molar-refractivity contribution in [1.29, 1.82) is 0 Å². The SMILES string of the molecule is CC(=O)N(CC(=O)Nc1cccc(Cl)c1C)c1ccc(Cl)c(Cl)c1. The zero-order chi connectivity index (χ0) is 17.9. The van der Waals surface area contributed by atoms with Crippen LogP contribution < -0.4 is 10.2 Å². The van der Waals surface area contributed by atoms with Gasteiger partial charge in [-0.1, -0.05) is 40.9 Å². The molecule has 0 aromatic heterocycles. The molecule has 1 N–H and O–H groups in total. The van der Waals surface area contributed by atoms with Crippen molar-refractivity contribution in [2.75, 3.05) is 16.8 Å². The van der Waals surface area contributed by atoms with Gasteiger partial charge in [0.05, 0.1) is 10.0 Å². The molecule has 0 unspecified atom stereocenters. The topological polar surface area (TPSA) is 49.4 Å². The lowest BCUT2D eigenvalue weighted by atomic mass is 10.2. The van der Waals surface area contributed by atoms with E-state index in [1.807, 2.05) is 0 Å². The number of hydrogen-bond acceptors (Lipinski definition) is 2. The molecule has 0 fully saturated rings. The molecule has 2 aromatic rings. The van der Waals surface area contributed by atoms with E-state index in [-0.39, 0.29) is 18.4 Å². The van der Waals surface area contributed by atoms with Crippen LogP contribution in [0.4, 0.5) is 11.4 Å². The van der Waals surface area contributed by atoms with E-state index in [2.05, 4.69) is 5.32 Å². The molecule has 2 aromatic carbocycles. The monoisotopic (exact) mass is 384 g/mol. The number of nitrogens with zero attached hydrogens (tertiary/aromatic N) is 1. The van der Waals surface area contributed by atoms with Gasteiger partial charge in [-0.2, -0.15) is 0 Å². The van der Waals surface area contributed by atoms with Crippen molar-refractivity contribution in [2.24, 2.45) is 0 Å². The highest BCUT2D eigenvalue weighted by molar-refractivity contribution is 6.42. The van der Waals surface area contributed by atoms with Gasteiger partial charge in [0.2, 0.25) is 11.8 Å². The van der Waals surface area contributed by atoms with Crippen LogP contribution in [-0.4, -0.2) is 18.4 Å². The summed E-state index contributed by atoms with van der Waals surface area (Å²) in [5, 5.41) is 4.00. The Hall–Kier alpha value is -1.75. The van der Waals surface area contributed by atoms with E-state index in [0.29, 0.717) is 26.4 Å². The fraction of sp³-hybridized carbons (Fsp3) is 0.176. The maximum atomic E-state index is 12.3. The van der Waals surface area contributed by atoms with Gasteiger partial charge in [0, 0.05) is 23.3 Å². The highest BCUT2D eigenvalue weighted by Crippen LogP contribution is 2.27. The Morgan fingerprint density at radius 2 is 1.75 bits per heavy atom. The normalized spacial score (nSPS) is 10.4. The third kappa shape index (κ3) is 4.41. The molecule has 0 bridgehead atoms. The number of nitrogens with one attached hydrogen (secondary N) is 1. The number of anilines is 2. The Balaban J connectivity index is 2.18. The largest absolute Gasteiger partial charge is 0.324 e. The minimum Gasteiger partial charge on any atom is -0.324 e. The van der Waals surface area contributed by atoms with Crippen LogP contribution in [0.25, 0.3) is 0 Å². The number of amides is 2. The van der Waals surface area contributed by atoms with Crippen LogP contribution >= 0.6 is 34.8 Å². The van der Waals surface area contributed by atoms with Gasteiger partial charge in [0.15, 0.2) is 0 Å². The summed E-state index contributed by atoms with van der Waals surface area (Å²) in [6, 6.07) is 9.98. The number of benzene rings is 2. The van der Waals surface area contributed by atoms with E-state index in [1.165, 1.54) is 11.8 Å². The molecule has 0 saturated carbocycles.